The summed E-state index contributed by atoms with van der Waals surface area (Å²) in [6.45, 7) is 0.352. The van der Waals surface area contributed by atoms with Crippen molar-refractivity contribution in [3.63, 3.8) is 0 Å². The molecule has 0 atom stereocenters. The fraction of sp³-hybridized carbons (Fsp3) is 0.200. The number of aromatic nitrogens is 1. The quantitative estimate of drug-likeness (QED) is 0.836. The maximum Gasteiger partial charge on any atom is 0.147 e. The molecule has 14 heavy (non-hydrogen) atoms. The van der Waals surface area contributed by atoms with Crippen LogP contribution in [-0.2, 0) is 13.6 Å². The van der Waals surface area contributed by atoms with Gasteiger partial charge in [-0.2, -0.15) is 0 Å². The molecule has 0 aliphatic heterocycles. The van der Waals surface area contributed by atoms with E-state index in [1.807, 2.05) is 23.9 Å². The molecule has 74 valence electrons. The number of nitrogens with zero attached hydrogens (tertiary/aromatic N) is 1. The van der Waals surface area contributed by atoms with E-state index in [9.17, 15) is 4.39 Å². The fourth-order valence-electron chi connectivity index (χ4n) is 1.66. The van der Waals surface area contributed by atoms with Crippen LogP contribution >= 0.6 is 15.9 Å². The first-order valence-electron chi connectivity index (χ1n) is 4.27. The summed E-state index contributed by atoms with van der Waals surface area (Å²) < 4.78 is 16.1. The van der Waals surface area contributed by atoms with Crippen molar-refractivity contribution in [2.45, 2.75) is 6.54 Å². The molecule has 0 fully saturated rings. The predicted octanol–water partition coefficient (Wildman–Crippen LogP) is 2.54. The normalized spacial score (nSPS) is 11.1. The van der Waals surface area contributed by atoms with Crippen molar-refractivity contribution in [3.05, 3.63) is 34.2 Å². The molecule has 1 aromatic carbocycles. The predicted molar refractivity (Wildman–Crippen MR) is 58.5 cm³/mol. The van der Waals surface area contributed by atoms with Crippen LogP contribution in [0.15, 0.2) is 22.8 Å². The van der Waals surface area contributed by atoms with Crippen LogP contribution in [0.25, 0.3) is 10.9 Å². The van der Waals surface area contributed by atoms with E-state index in [0.29, 0.717) is 16.4 Å². The van der Waals surface area contributed by atoms with Crippen LogP contribution in [0.4, 0.5) is 4.39 Å². The van der Waals surface area contributed by atoms with Gasteiger partial charge in [0.05, 0.1) is 9.99 Å². The Bertz CT molecular complexity index is 490. The molecule has 0 spiro atoms. The third kappa shape index (κ3) is 1.26. The third-order valence-corrected chi connectivity index (χ3v) is 2.96. The third-order valence-electron chi connectivity index (χ3n) is 2.34. The molecule has 0 saturated heterocycles. The second-order valence-corrected chi connectivity index (χ2v) is 4.08. The zero-order chi connectivity index (χ0) is 10.3. The number of rotatable bonds is 1. The molecule has 0 aliphatic rings. The lowest BCUT2D eigenvalue weighted by Gasteiger charge is -1.99. The Morgan fingerprint density at radius 3 is 2.86 bits per heavy atom. The highest BCUT2D eigenvalue weighted by molar-refractivity contribution is 9.10. The summed E-state index contributed by atoms with van der Waals surface area (Å²) in [7, 11) is 1.88. The van der Waals surface area contributed by atoms with Gasteiger partial charge in [-0.1, -0.05) is 0 Å². The lowest BCUT2D eigenvalue weighted by molar-refractivity contribution is 0.632. The van der Waals surface area contributed by atoms with E-state index in [0.717, 1.165) is 11.1 Å². The first kappa shape index (κ1) is 9.68. The van der Waals surface area contributed by atoms with Gasteiger partial charge in [0.2, 0.25) is 0 Å². The first-order valence-corrected chi connectivity index (χ1v) is 5.06. The van der Waals surface area contributed by atoms with Crippen molar-refractivity contribution in [1.29, 1.82) is 0 Å². The number of hydrogen-bond acceptors (Lipinski definition) is 1. The van der Waals surface area contributed by atoms with Gasteiger partial charge in [-0.25, -0.2) is 4.39 Å². The first-order chi connectivity index (χ1) is 6.65. The second-order valence-electron chi connectivity index (χ2n) is 3.22. The highest BCUT2D eigenvalue weighted by atomic mass is 79.9. The standard InChI is InChI=1S/C10H10BrFN2/c1-14-5-6(4-13)9-8(14)3-2-7(11)10(9)12/h2-3,5H,4,13H2,1H3. The molecule has 0 saturated carbocycles. The van der Waals surface area contributed by atoms with Gasteiger partial charge in [0, 0.05) is 25.2 Å². The van der Waals surface area contributed by atoms with Crippen LogP contribution in [0.5, 0.6) is 0 Å². The molecule has 0 unspecified atom stereocenters. The minimum absolute atomic E-state index is 0.233. The van der Waals surface area contributed by atoms with Crippen molar-refractivity contribution in [1.82, 2.24) is 4.57 Å². The molecule has 1 aromatic heterocycles. The van der Waals surface area contributed by atoms with Gasteiger partial charge in [0.1, 0.15) is 5.82 Å². The highest BCUT2D eigenvalue weighted by Crippen LogP contribution is 2.28. The van der Waals surface area contributed by atoms with Crippen LogP contribution in [0.3, 0.4) is 0 Å². The van der Waals surface area contributed by atoms with Gasteiger partial charge >= 0.3 is 0 Å². The van der Waals surface area contributed by atoms with Crippen LogP contribution in [0.2, 0.25) is 0 Å². The molecule has 4 heteroatoms. The molecule has 0 aliphatic carbocycles. The minimum atomic E-state index is -0.233. The molecular weight excluding hydrogens is 247 g/mol. The number of benzene rings is 1. The van der Waals surface area contributed by atoms with Crippen LogP contribution in [0, 0.1) is 5.82 Å². The summed E-state index contributed by atoms with van der Waals surface area (Å²) in [5.74, 6) is -0.233. The van der Waals surface area contributed by atoms with Crippen molar-refractivity contribution in [2.75, 3.05) is 0 Å². The number of hydrogen-bond donors (Lipinski definition) is 1. The van der Waals surface area contributed by atoms with Crippen molar-refractivity contribution >= 4 is 26.8 Å². The lowest BCUT2D eigenvalue weighted by Crippen LogP contribution is -1.95. The molecule has 1 heterocycles. The lowest BCUT2D eigenvalue weighted by atomic mass is 10.1. The highest BCUT2D eigenvalue weighted by Gasteiger charge is 2.12. The Balaban J connectivity index is 2.91. The molecule has 2 rings (SSSR count). The number of nitrogens with two attached hydrogens (primary N) is 1. The maximum atomic E-state index is 13.7. The largest absolute Gasteiger partial charge is 0.350 e. The monoisotopic (exact) mass is 256 g/mol. The average Bonchev–Trinajstić information content (AvgIpc) is 2.50. The zero-order valence-electron chi connectivity index (χ0n) is 7.72. The topological polar surface area (TPSA) is 30.9 Å². The Morgan fingerprint density at radius 2 is 2.21 bits per heavy atom. The summed E-state index contributed by atoms with van der Waals surface area (Å²) >= 11 is 3.16. The molecule has 2 N–H and O–H groups in total. The van der Waals surface area contributed by atoms with Gasteiger partial charge in [0.15, 0.2) is 0 Å². The van der Waals surface area contributed by atoms with E-state index < -0.39 is 0 Å². The molecular formula is C10H10BrFN2. The van der Waals surface area contributed by atoms with E-state index in [-0.39, 0.29) is 5.82 Å². The maximum absolute atomic E-state index is 13.7. The molecule has 2 nitrogen and oxygen atoms in total. The molecule has 0 amide bonds. The Labute approximate surface area is 89.6 Å². The van der Waals surface area contributed by atoms with Gasteiger partial charge in [0.25, 0.3) is 0 Å². The summed E-state index contributed by atoms with van der Waals surface area (Å²) in [6, 6.07) is 3.58. The smallest absolute Gasteiger partial charge is 0.147 e. The van der Waals surface area contributed by atoms with E-state index in [1.165, 1.54) is 0 Å². The summed E-state index contributed by atoms with van der Waals surface area (Å²) in [4.78, 5) is 0. The molecule has 0 radical (unpaired) electrons. The van der Waals surface area contributed by atoms with Gasteiger partial charge in [-0.15, -0.1) is 0 Å². The second kappa shape index (κ2) is 3.37. The van der Waals surface area contributed by atoms with E-state index in [2.05, 4.69) is 15.9 Å². The fourth-order valence-corrected chi connectivity index (χ4v) is 1.99. The number of fused-ring (bicyclic) bond motifs is 1. The van der Waals surface area contributed by atoms with Gasteiger partial charge < -0.3 is 10.3 Å². The Hall–Kier alpha value is -0.870. The summed E-state index contributed by atoms with van der Waals surface area (Å²) in [6.07, 6.45) is 1.86. The van der Waals surface area contributed by atoms with Crippen molar-refractivity contribution in [3.8, 4) is 0 Å². The Kier molecular flexibility index (Phi) is 2.33. The van der Waals surface area contributed by atoms with E-state index in [1.54, 1.807) is 6.07 Å². The number of halogens is 2. The van der Waals surface area contributed by atoms with Crippen molar-refractivity contribution in [2.24, 2.45) is 12.8 Å². The Morgan fingerprint density at radius 1 is 1.50 bits per heavy atom. The van der Waals surface area contributed by atoms with Crippen LogP contribution in [0.1, 0.15) is 5.56 Å². The average molecular weight is 257 g/mol. The summed E-state index contributed by atoms with van der Waals surface area (Å²) in [5.41, 5.74) is 7.25. The SMILES string of the molecule is Cn1cc(CN)c2c(F)c(Br)ccc21. The van der Waals surface area contributed by atoms with Crippen LogP contribution < -0.4 is 5.73 Å². The van der Waals surface area contributed by atoms with Crippen molar-refractivity contribution < 1.29 is 4.39 Å². The minimum Gasteiger partial charge on any atom is -0.350 e. The zero-order valence-corrected chi connectivity index (χ0v) is 9.31. The molecule has 0 bridgehead atoms. The van der Waals surface area contributed by atoms with Crippen LogP contribution in [-0.4, -0.2) is 4.57 Å². The van der Waals surface area contributed by atoms with E-state index >= 15 is 0 Å². The van der Waals surface area contributed by atoms with E-state index in [4.69, 9.17) is 5.73 Å². The summed E-state index contributed by atoms with van der Waals surface area (Å²) in [5, 5.41) is 0.615. The number of aryl methyl sites for hydroxylation is 1. The molecule has 2 aromatic rings. The van der Waals surface area contributed by atoms with Gasteiger partial charge in [-0.3, -0.25) is 0 Å². The van der Waals surface area contributed by atoms with Gasteiger partial charge in [-0.05, 0) is 33.6 Å².